The summed E-state index contributed by atoms with van der Waals surface area (Å²) in [6.45, 7) is 5.42. The molecule has 1 aliphatic heterocycles. The van der Waals surface area contributed by atoms with Crippen molar-refractivity contribution in [3.05, 3.63) is 53.1 Å². The normalized spacial score (nSPS) is 17.4. The molecule has 0 fully saturated rings. The Morgan fingerprint density at radius 1 is 1.28 bits per heavy atom. The van der Waals surface area contributed by atoms with E-state index in [1.165, 1.54) is 0 Å². The van der Waals surface area contributed by atoms with E-state index in [4.69, 9.17) is 15.2 Å². The predicted molar refractivity (Wildman–Crippen MR) is 98.8 cm³/mol. The fraction of sp³-hybridized carbons (Fsp3) is 0.350. The number of nitrogens with two attached hydrogens (primary N) is 1. The number of amides is 1. The molecule has 2 aromatic rings. The molecule has 5 heteroatoms. The fourth-order valence-electron chi connectivity index (χ4n) is 3.24. The molecule has 5 nitrogen and oxygen atoms in total. The van der Waals surface area contributed by atoms with Gasteiger partial charge >= 0.3 is 0 Å². The number of hydrogen-bond acceptors (Lipinski definition) is 4. The molecule has 1 aliphatic rings. The molecule has 0 aromatic heterocycles. The van der Waals surface area contributed by atoms with Crippen molar-refractivity contribution in [3.63, 3.8) is 0 Å². The van der Waals surface area contributed by atoms with Crippen molar-refractivity contribution in [3.8, 4) is 5.75 Å². The van der Waals surface area contributed by atoms with E-state index in [9.17, 15) is 4.79 Å². The van der Waals surface area contributed by atoms with Crippen LogP contribution < -0.4 is 15.4 Å². The summed E-state index contributed by atoms with van der Waals surface area (Å²) in [5, 5.41) is 0. The lowest BCUT2D eigenvalue weighted by Crippen LogP contribution is -2.29. The smallest absolute Gasteiger partial charge is 0.248 e. The highest BCUT2D eigenvalue weighted by atomic mass is 16.5. The summed E-state index contributed by atoms with van der Waals surface area (Å²) in [6, 6.07) is 11.8. The molecular weight excluding hydrogens is 316 g/mol. The van der Waals surface area contributed by atoms with Gasteiger partial charge in [-0.1, -0.05) is 6.07 Å². The summed E-state index contributed by atoms with van der Waals surface area (Å²) in [4.78, 5) is 13.8. The van der Waals surface area contributed by atoms with Gasteiger partial charge in [0.05, 0.1) is 19.8 Å². The lowest BCUT2D eigenvalue weighted by Gasteiger charge is -2.31. The Labute approximate surface area is 148 Å². The first-order valence-electron chi connectivity index (χ1n) is 8.46. The zero-order valence-corrected chi connectivity index (χ0v) is 14.9. The number of carbonyl (C=O) groups excluding carboxylic acids is 1. The molecule has 1 heterocycles. The largest absolute Gasteiger partial charge is 0.496 e. The second-order valence-electron chi connectivity index (χ2n) is 6.40. The Balaban J connectivity index is 2.09. The summed E-state index contributed by atoms with van der Waals surface area (Å²) < 4.78 is 11.4. The number of ether oxygens (including phenoxy) is 2. The van der Waals surface area contributed by atoms with Crippen LogP contribution in [0, 0.1) is 6.92 Å². The van der Waals surface area contributed by atoms with Crippen LogP contribution in [-0.2, 0) is 11.2 Å². The molecule has 3 rings (SSSR count). The van der Waals surface area contributed by atoms with E-state index in [-0.39, 0.29) is 6.10 Å². The molecule has 1 amide bonds. The van der Waals surface area contributed by atoms with Gasteiger partial charge in [0.15, 0.2) is 0 Å². The van der Waals surface area contributed by atoms with Gasteiger partial charge in [0, 0.05) is 36.0 Å². The van der Waals surface area contributed by atoms with Crippen molar-refractivity contribution >= 4 is 17.3 Å². The van der Waals surface area contributed by atoms with Gasteiger partial charge in [-0.2, -0.15) is 0 Å². The topological polar surface area (TPSA) is 64.8 Å². The number of methoxy groups -OCH3 is 1. The third-order valence-corrected chi connectivity index (χ3v) is 4.58. The number of anilines is 2. The molecule has 0 saturated carbocycles. The van der Waals surface area contributed by atoms with Gasteiger partial charge in [0.1, 0.15) is 5.75 Å². The van der Waals surface area contributed by atoms with Gasteiger partial charge in [-0.25, -0.2) is 0 Å². The van der Waals surface area contributed by atoms with Crippen molar-refractivity contribution in [1.29, 1.82) is 0 Å². The summed E-state index contributed by atoms with van der Waals surface area (Å²) in [5.41, 5.74) is 10.2. The molecular formula is C20H24N2O3. The molecule has 0 radical (unpaired) electrons. The third-order valence-electron chi connectivity index (χ3n) is 4.58. The van der Waals surface area contributed by atoms with Crippen LogP contribution >= 0.6 is 0 Å². The van der Waals surface area contributed by atoms with E-state index in [0.29, 0.717) is 12.2 Å². The van der Waals surface area contributed by atoms with Crippen LogP contribution in [0.3, 0.4) is 0 Å². The molecule has 2 aromatic carbocycles. The minimum absolute atomic E-state index is 0.0941. The lowest BCUT2D eigenvalue weighted by molar-refractivity contribution is 0.0702. The van der Waals surface area contributed by atoms with Gasteiger partial charge in [-0.15, -0.1) is 0 Å². The summed E-state index contributed by atoms with van der Waals surface area (Å²) in [7, 11) is 1.68. The first-order chi connectivity index (χ1) is 12.0. The van der Waals surface area contributed by atoms with Crippen LogP contribution in [0.1, 0.15) is 28.4 Å². The van der Waals surface area contributed by atoms with Crippen LogP contribution in [0.4, 0.5) is 11.4 Å². The van der Waals surface area contributed by atoms with E-state index in [1.807, 2.05) is 38.1 Å². The molecule has 1 atom stereocenters. The van der Waals surface area contributed by atoms with E-state index < -0.39 is 5.91 Å². The first kappa shape index (κ1) is 17.3. The summed E-state index contributed by atoms with van der Waals surface area (Å²) >= 11 is 0. The van der Waals surface area contributed by atoms with Gasteiger partial charge in [0.2, 0.25) is 5.91 Å². The van der Waals surface area contributed by atoms with Crippen LogP contribution in [0.25, 0.3) is 0 Å². The zero-order chi connectivity index (χ0) is 18.0. The fourth-order valence-corrected chi connectivity index (χ4v) is 3.24. The summed E-state index contributed by atoms with van der Waals surface area (Å²) in [6.07, 6.45) is 0.826. The Hall–Kier alpha value is -2.53. The maximum atomic E-state index is 11.6. The molecule has 0 spiro atoms. The zero-order valence-electron chi connectivity index (χ0n) is 14.9. The maximum Gasteiger partial charge on any atom is 0.248 e. The number of aryl methyl sites for hydroxylation is 1. The van der Waals surface area contributed by atoms with E-state index in [0.717, 1.165) is 41.2 Å². The van der Waals surface area contributed by atoms with E-state index in [1.54, 1.807) is 13.2 Å². The average molecular weight is 340 g/mol. The maximum absolute atomic E-state index is 11.6. The molecule has 1 unspecified atom stereocenters. The highest BCUT2D eigenvalue weighted by Crippen LogP contribution is 2.34. The molecule has 25 heavy (non-hydrogen) atoms. The predicted octanol–water partition coefficient (Wildman–Crippen LogP) is 3.20. The third kappa shape index (κ3) is 3.61. The van der Waals surface area contributed by atoms with Crippen molar-refractivity contribution in [2.45, 2.75) is 26.4 Å². The number of fused-ring (bicyclic) bond motifs is 1. The lowest BCUT2D eigenvalue weighted by atomic mass is 10.0. The molecule has 2 N–H and O–H groups in total. The molecule has 0 saturated heterocycles. The number of nitrogens with zero attached hydrogens (tertiary/aromatic N) is 1. The molecule has 0 bridgehead atoms. The SMILES string of the molecule is COc1cc(N2CCOC(C)Cc3cc(C(N)=O)ccc32)ccc1C. The number of hydrogen-bond donors (Lipinski definition) is 1. The van der Waals surface area contributed by atoms with Gasteiger partial charge < -0.3 is 20.1 Å². The quantitative estimate of drug-likeness (QED) is 0.932. The second kappa shape index (κ2) is 7.15. The van der Waals surface area contributed by atoms with E-state index in [2.05, 4.69) is 11.0 Å². The first-order valence-corrected chi connectivity index (χ1v) is 8.46. The van der Waals surface area contributed by atoms with Gasteiger partial charge in [0.25, 0.3) is 0 Å². The Morgan fingerprint density at radius 2 is 2.08 bits per heavy atom. The minimum atomic E-state index is -0.415. The second-order valence-corrected chi connectivity index (χ2v) is 6.40. The average Bonchev–Trinajstić information content (AvgIpc) is 2.58. The van der Waals surface area contributed by atoms with Gasteiger partial charge in [-0.05, 0) is 49.2 Å². The van der Waals surface area contributed by atoms with E-state index >= 15 is 0 Å². The van der Waals surface area contributed by atoms with Crippen LogP contribution in [0.2, 0.25) is 0 Å². The van der Waals surface area contributed by atoms with Crippen LogP contribution in [0.15, 0.2) is 36.4 Å². The monoisotopic (exact) mass is 340 g/mol. The van der Waals surface area contributed by atoms with Crippen LogP contribution in [0.5, 0.6) is 5.75 Å². The number of carbonyl (C=O) groups is 1. The molecule has 132 valence electrons. The van der Waals surface area contributed by atoms with Crippen molar-refractivity contribution < 1.29 is 14.3 Å². The number of benzene rings is 2. The Bertz CT molecular complexity index is 789. The number of rotatable bonds is 3. The van der Waals surface area contributed by atoms with Crippen molar-refractivity contribution in [2.24, 2.45) is 5.73 Å². The minimum Gasteiger partial charge on any atom is -0.496 e. The standard InChI is InChI=1S/C20H24N2O3/c1-13-4-6-17(12-19(13)24-3)22-8-9-25-14(2)10-16-11-15(20(21)23)5-7-18(16)22/h4-7,11-12,14H,8-10H2,1-3H3,(H2,21,23). The number of primary amides is 1. The highest BCUT2D eigenvalue weighted by Gasteiger charge is 2.20. The molecule has 0 aliphatic carbocycles. The summed E-state index contributed by atoms with van der Waals surface area (Å²) in [5.74, 6) is 0.436. The van der Waals surface area contributed by atoms with Crippen molar-refractivity contribution in [2.75, 3.05) is 25.2 Å². The van der Waals surface area contributed by atoms with Gasteiger partial charge in [-0.3, -0.25) is 4.79 Å². The van der Waals surface area contributed by atoms with Crippen molar-refractivity contribution in [1.82, 2.24) is 0 Å². The Kier molecular flexibility index (Phi) is 4.95. The highest BCUT2D eigenvalue weighted by molar-refractivity contribution is 5.93. The van der Waals surface area contributed by atoms with Crippen LogP contribution in [-0.4, -0.2) is 32.3 Å². The Morgan fingerprint density at radius 3 is 2.80 bits per heavy atom.